The number of rotatable bonds is 7. The van der Waals surface area contributed by atoms with E-state index >= 15 is 0 Å². The summed E-state index contributed by atoms with van der Waals surface area (Å²) in [6.45, 7) is 5.70. The molecule has 0 aromatic heterocycles. The second-order valence-electron chi connectivity index (χ2n) is 8.34. The maximum Gasteiger partial charge on any atom is 0.255 e. The van der Waals surface area contributed by atoms with E-state index in [0.717, 1.165) is 11.4 Å². The number of para-hydroxylation sites is 1. The highest BCUT2D eigenvalue weighted by molar-refractivity contribution is 7.89. The second-order valence-corrected chi connectivity index (χ2v) is 10.3. The number of anilines is 3. The van der Waals surface area contributed by atoms with Crippen LogP contribution in [0.15, 0.2) is 83.8 Å². The number of carbonyl (C=O) groups excluding carboxylic acids is 1. The molecule has 3 aromatic carbocycles. The Kier molecular flexibility index (Phi) is 7.31. The van der Waals surface area contributed by atoms with Crippen LogP contribution in [0.1, 0.15) is 24.2 Å². The number of carbonyl (C=O) groups is 1. The zero-order valence-electron chi connectivity index (χ0n) is 19.3. The Morgan fingerprint density at radius 3 is 2.06 bits per heavy atom. The first-order valence-corrected chi connectivity index (χ1v) is 12.7. The molecule has 0 aliphatic carbocycles. The molecular weight excluding hydrogens is 450 g/mol. The van der Waals surface area contributed by atoms with Gasteiger partial charge in [-0.1, -0.05) is 18.2 Å². The summed E-state index contributed by atoms with van der Waals surface area (Å²) in [5, 5.41) is 2.88. The van der Waals surface area contributed by atoms with Crippen LogP contribution >= 0.6 is 0 Å². The Bertz CT molecular complexity index is 1210. The average molecular weight is 480 g/mol. The first-order chi connectivity index (χ1) is 16.4. The van der Waals surface area contributed by atoms with Crippen LogP contribution in [0.5, 0.6) is 0 Å². The standard InChI is InChI=1S/C26H29N3O4S/c1-20(2)29(23-6-4-3-5-7-23)24-12-10-22(11-13-24)27-26(30)21-8-14-25(15-9-21)34(31,32)28-16-18-33-19-17-28/h3-15,20H,16-19H2,1-2H3,(H,27,30). The van der Waals surface area contributed by atoms with E-state index in [4.69, 9.17) is 4.74 Å². The van der Waals surface area contributed by atoms with Gasteiger partial charge in [0.15, 0.2) is 0 Å². The lowest BCUT2D eigenvalue weighted by Crippen LogP contribution is -2.40. The van der Waals surface area contributed by atoms with Crippen LogP contribution in [0.3, 0.4) is 0 Å². The van der Waals surface area contributed by atoms with Crippen LogP contribution in [0.2, 0.25) is 0 Å². The second kappa shape index (κ2) is 10.4. The van der Waals surface area contributed by atoms with Gasteiger partial charge in [-0.25, -0.2) is 8.42 Å². The van der Waals surface area contributed by atoms with Gasteiger partial charge in [0.05, 0.1) is 18.1 Å². The molecule has 0 spiro atoms. The van der Waals surface area contributed by atoms with E-state index in [2.05, 4.69) is 36.2 Å². The van der Waals surface area contributed by atoms with Crippen molar-refractivity contribution < 1.29 is 17.9 Å². The summed E-state index contributed by atoms with van der Waals surface area (Å²) in [6.07, 6.45) is 0. The number of hydrogen-bond donors (Lipinski definition) is 1. The molecule has 4 rings (SSSR count). The lowest BCUT2D eigenvalue weighted by atomic mass is 10.1. The first kappa shape index (κ1) is 23.9. The minimum absolute atomic E-state index is 0.171. The van der Waals surface area contributed by atoms with Crippen LogP contribution in [-0.2, 0) is 14.8 Å². The number of benzene rings is 3. The summed E-state index contributed by atoms with van der Waals surface area (Å²) in [5.41, 5.74) is 3.17. The zero-order chi connectivity index (χ0) is 24.1. The molecule has 1 aliphatic heterocycles. The lowest BCUT2D eigenvalue weighted by Gasteiger charge is -2.29. The van der Waals surface area contributed by atoms with Crippen LogP contribution in [-0.4, -0.2) is 51.0 Å². The highest BCUT2D eigenvalue weighted by Gasteiger charge is 2.26. The monoisotopic (exact) mass is 479 g/mol. The molecule has 1 saturated heterocycles. The lowest BCUT2D eigenvalue weighted by molar-refractivity contribution is 0.0730. The summed E-state index contributed by atoms with van der Waals surface area (Å²) in [4.78, 5) is 15.1. The highest BCUT2D eigenvalue weighted by atomic mass is 32.2. The van der Waals surface area contributed by atoms with Crippen molar-refractivity contribution >= 4 is 33.0 Å². The largest absolute Gasteiger partial charge is 0.379 e. The van der Waals surface area contributed by atoms with Crippen molar-refractivity contribution in [2.75, 3.05) is 36.5 Å². The van der Waals surface area contributed by atoms with Crippen LogP contribution in [0.4, 0.5) is 17.1 Å². The van der Waals surface area contributed by atoms with Gasteiger partial charge in [-0.15, -0.1) is 0 Å². The minimum atomic E-state index is -3.59. The molecule has 0 radical (unpaired) electrons. The number of sulfonamides is 1. The third-order valence-corrected chi connectivity index (χ3v) is 7.59. The van der Waals surface area contributed by atoms with Gasteiger partial charge in [-0.3, -0.25) is 4.79 Å². The average Bonchev–Trinajstić information content (AvgIpc) is 2.86. The summed E-state index contributed by atoms with van der Waals surface area (Å²) >= 11 is 0. The molecule has 1 aliphatic rings. The van der Waals surface area contributed by atoms with Gasteiger partial charge in [0.2, 0.25) is 10.0 Å². The van der Waals surface area contributed by atoms with Gasteiger partial charge >= 0.3 is 0 Å². The first-order valence-electron chi connectivity index (χ1n) is 11.3. The molecular formula is C26H29N3O4S. The fourth-order valence-corrected chi connectivity index (χ4v) is 5.36. The Balaban J connectivity index is 1.44. The molecule has 1 amide bonds. The Morgan fingerprint density at radius 1 is 0.882 bits per heavy atom. The van der Waals surface area contributed by atoms with Crippen molar-refractivity contribution in [1.82, 2.24) is 4.31 Å². The molecule has 0 atom stereocenters. The third kappa shape index (κ3) is 5.30. The van der Waals surface area contributed by atoms with E-state index in [0.29, 0.717) is 37.6 Å². The Labute approximate surface area is 201 Å². The molecule has 8 heteroatoms. The van der Waals surface area contributed by atoms with E-state index in [1.54, 1.807) is 0 Å². The molecule has 7 nitrogen and oxygen atoms in total. The topological polar surface area (TPSA) is 79.0 Å². The number of nitrogens with one attached hydrogen (secondary N) is 1. The van der Waals surface area contributed by atoms with Gasteiger partial charge in [0.1, 0.15) is 0 Å². The smallest absolute Gasteiger partial charge is 0.255 e. The fourth-order valence-electron chi connectivity index (χ4n) is 3.96. The summed E-state index contributed by atoms with van der Waals surface area (Å²) < 4.78 is 32.2. The molecule has 178 valence electrons. The van der Waals surface area contributed by atoms with Crippen LogP contribution in [0.25, 0.3) is 0 Å². The van der Waals surface area contributed by atoms with E-state index in [1.165, 1.54) is 28.6 Å². The normalized spacial score (nSPS) is 14.7. The van der Waals surface area contributed by atoms with Gasteiger partial charge < -0.3 is 15.0 Å². The van der Waals surface area contributed by atoms with Gasteiger partial charge in [-0.05, 0) is 74.5 Å². The third-order valence-electron chi connectivity index (χ3n) is 5.68. The zero-order valence-corrected chi connectivity index (χ0v) is 20.2. The van der Waals surface area contributed by atoms with Crippen molar-refractivity contribution in [2.45, 2.75) is 24.8 Å². The van der Waals surface area contributed by atoms with Crippen molar-refractivity contribution in [3.05, 3.63) is 84.4 Å². The molecule has 3 aromatic rings. The van der Waals surface area contributed by atoms with E-state index < -0.39 is 10.0 Å². The van der Waals surface area contributed by atoms with E-state index in [-0.39, 0.29) is 16.8 Å². The summed E-state index contributed by atoms with van der Waals surface area (Å²) in [6, 6.07) is 24.1. The number of hydrogen-bond acceptors (Lipinski definition) is 5. The van der Waals surface area contributed by atoms with Crippen molar-refractivity contribution in [2.24, 2.45) is 0 Å². The van der Waals surface area contributed by atoms with Crippen LogP contribution < -0.4 is 10.2 Å². The molecule has 1 N–H and O–H groups in total. The highest BCUT2D eigenvalue weighted by Crippen LogP contribution is 2.29. The predicted molar refractivity (Wildman–Crippen MR) is 134 cm³/mol. The Morgan fingerprint density at radius 2 is 1.47 bits per heavy atom. The van der Waals surface area contributed by atoms with E-state index in [1.807, 2.05) is 42.5 Å². The molecule has 1 heterocycles. The predicted octanol–water partition coefficient (Wildman–Crippen LogP) is 4.51. The molecule has 0 bridgehead atoms. The van der Waals surface area contributed by atoms with Crippen molar-refractivity contribution in [3.63, 3.8) is 0 Å². The molecule has 34 heavy (non-hydrogen) atoms. The molecule has 1 fully saturated rings. The van der Waals surface area contributed by atoms with Crippen LogP contribution in [0, 0.1) is 0 Å². The van der Waals surface area contributed by atoms with Gasteiger partial charge in [0, 0.05) is 41.8 Å². The SMILES string of the molecule is CC(C)N(c1ccccc1)c1ccc(NC(=O)c2ccc(S(=O)(=O)N3CCOCC3)cc2)cc1. The maximum atomic E-state index is 12.8. The van der Waals surface area contributed by atoms with E-state index in [9.17, 15) is 13.2 Å². The molecule has 0 unspecified atom stereocenters. The fraction of sp³-hybridized carbons (Fsp3) is 0.269. The summed E-state index contributed by atoms with van der Waals surface area (Å²) in [5.74, 6) is -0.299. The number of nitrogens with zero attached hydrogens (tertiary/aromatic N) is 2. The molecule has 0 saturated carbocycles. The Hall–Kier alpha value is -3.20. The number of morpholine rings is 1. The van der Waals surface area contributed by atoms with Crippen molar-refractivity contribution in [3.8, 4) is 0 Å². The van der Waals surface area contributed by atoms with Gasteiger partial charge in [0.25, 0.3) is 5.91 Å². The number of ether oxygens (including phenoxy) is 1. The quantitative estimate of drug-likeness (QED) is 0.540. The minimum Gasteiger partial charge on any atom is -0.379 e. The summed E-state index contributed by atoms with van der Waals surface area (Å²) in [7, 11) is -3.59. The number of amides is 1. The van der Waals surface area contributed by atoms with Crippen molar-refractivity contribution in [1.29, 1.82) is 0 Å². The maximum absolute atomic E-state index is 12.8. The van der Waals surface area contributed by atoms with Gasteiger partial charge in [-0.2, -0.15) is 4.31 Å².